The lowest BCUT2D eigenvalue weighted by molar-refractivity contribution is -0.120. The molecule has 0 aliphatic carbocycles. The van der Waals surface area contributed by atoms with Gasteiger partial charge in [-0.1, -0.05) is 42.5 Å². The Hall–Kier alpha value is -3.12. The zero-order valence-electron chi connectivity index (χ0n) is 18.6. The Morgan fingerprint density at radius 2 is 1.75 bits per heavy atom. The highest BCUT2D eigenvalue weighted by Gasteiger charge is 2.19. The molecule has 4 rings (SSSR count). The van der Waals surface area contributed by atoms with Crippen molar-refractivity contribution in [2.24, 2.45) is 0 Å². The number of carbonyl (C=O) groups excluding carboxylic acids is 1. The van der Waals surface area contributed by atoms with E-state index >= 15 is 0 Å². The predicted octanol–water partition coefficient (Wildman–Crippen LogP) is 3.39. The highest BCUT2D eigenvalue weighted by molar-refractivity contribution is 5.78. The first-order valence-electron chi connectivity index (χ1n) is 11.6. The standard InChI is InChI=1S/C26H33N5O/c32-26(28-21-23-6-2-1-3-7-23)20-22-8-10-25(11-9-22)30-18-12-24(13-19-30)27-14-4-16-31-17-5-15-29-31/h1-3,5-11,15,17,24,27H,4,12-14,16,18-21H2,(H,28,32). The van der Waals surface area contributed by atoms with Crippen LogP contribution in [0.5, 0.6) is 0 Å². The molecule has 0 unspecified atom stereocenters. The molecular formula is C26H33N5O. The monoisotopic (exact) mass is 431 g/mol. The van der Waals surface area contributed by atoms with E-state index in [1.54, 1.807) is 0 Å². The highest BCUT2D eigenvalue weighted by Crippen LogP contribution is 2.21. The van der Waals surface area contributed by atoms with Crippen molar-refractivity contribution in [1.82, 2.24) is 20.4 Å². The molecule has 1 aliphatic heterocycles. The molecular weight excluding hydrogens is 398 g/mol. The molecule has 1 saturated heterocycles. The van der Waals surface area contributed by atoms with Crippen LogP contribution in [0.2, 0.25) is 0 Å². The quantitative estimate of drug-likeness (QED) is 0.483. The summed E-state index contributed by atoms with van der Waals surface area (Å²) < 4.78 is 1.99. The van der Waals surface area contributed by atoms with Crippen LogP contribution in [-0.4, -0.2) is 41.4 Å². The van der Waals surface area contributed by atoms with Gasteiger partial charge in [0.15, 0.2) is 0 Å². The summed E-state index contributed by atoms with van der Waals surface area (Å²) in [4.78, 5) is 14.7. The van der Waals surface area contributed by atoms with Crippen LogP contribution in [0.25, 0.3) is 0 Å². The lowest BCUT2D eigenvalue weighted by Crippen LogP contribution is -2.43. The van der Waals surface area contributed by atoms with E-state index in [-0.39, 0.29) is 5.91 Å². The van der Waals surface area contributed by atoms with E-state index < -0.39 is 0 Å². The summed E-state index contributed by atoms with van der Waals surface area (Å²) >= 11 is 0. The number of benzene rings is 2. The average Bonchev–Trinajstić information content (AvgIpc) is 3.36. The second kappa shape index (κ2) is 11.5. The Morgan fingerprint density at radius 3 is 2.47 bits per heavy atom. The minimum absolute atomic E-state index is 0.0565. The van der Waals surface area contributed by atoms with Gasteiger partial charge in [-0.2, -0.15) is 5.10 Å². The van der Waals surface area contributed by atoms with Crippen molar-refractivity contribution in [3.63, 3.8) is 0 Å². The molecule has 0 atom stereocenters. The van der Waals surface area contributed by atoms with Crippen LogP contribution >= 0.6 is 0 Å². The van der Waals surface area contributed by atoms with Crippen molar-refractivity contribution >= 4 is 11.6 Å². The van der Waals surface area contributed by atoms with Crippen molar-refractivity contribution in [3.05, 3.63) is 84.2 Å². The van der Waals surface area contributed by atoms with Crippen LogP contribution in [0.3, 0.4) is 0 Å². The zero-order chi connectivity index (χ0) is 22.0. The fraction of sp³-hybridized carbons (Fsp3) is 0.385. The van der Waals surface area contributed by atoms with E-state index in [4.69, 9.17) is 0 Å². The molecule has 0 bridgehead atoms. The van der Waals surface area contributed by atoms with E-state index in [1.807, 2.05) is 53.5 Å². The van der Waals surface area contributed by atoms with Crippen LogP contribution in [0.1, 0.15) is 30.4 Å². The largest absolute Gasteiger partial charge is 0.371 e. The minimum Gasteiger partial charge on any atom is -0.371 e. The third-order valence-corrected chi connectivity index (χ3v) is 6.05. The zero-order valence-corrected chi connectivity index (χ0v) is 18.6. The van der Waals surface area contributed by atoms with Crippen molar-refractivity contribution in [2.75, 3.05) is 24.5 Å². The Labute approximate surface area is 190 Å². The molecule has 2 N–H and O–H groups in total. The molecule has 168 valence electrons. The molecule has 0 spiro atoms. The minimum atomic E-state index is 0.0565. The van der Waals surface area contributed by atoms with E-state index in [9.17, 15) is 4.79 Å². The summed E-state index contributed by atoms with van der Waals surface area (Å²) in [6, 6.07) is 21.0. The van der Waals surface area contributed by atoms with Gasteiger partial charge < -0.3 is 15.5 Å². The van der Waals surface area contributed by atoms with Gasteiger partial charge in [-0.25, -0.2) is 0 Å². The van der Waals surface area contributed by atoms with Crippen molar-refractivity contribution in [2.45, 2.75) is 44.8 Å². The summed E-state index contributed by atoms with van der Waals surface area (Å²) in [5.74, 6) is 0.0565. The van der Waals surface area contributed by atoms with Gasteiger partial charge in [0.25, 0.3) is 0 Å². The molecule has 32 heavy (non-hydrogen) atoms. The normalized spacial score (nSPS) is 14.4. The molecule has 0 saturated carbocycles. The van der Waals surface area contributed by atoms with Gasteiger partial charge in [-0.05, 0) is 55.1 Å². The Kier molecular flexibility index (Phi) is 7.93. The number of aromatic nitrogens is 2. The molecule has 1 fully saturated rings. The molecule has 0 radical (unpaired) electrons. The van der Waals surface area contributed by atoms with Crippen LogP contribution in [0.15, 0.2) is 73.1 Å². The molecule has 3 aromatic rings. The van der Waals surface area contributed by atoms with Crippen LogP contribution in [0, 0.1) is 0 Å². The third kappa shape index (κ3) is 6.69. The molecule has 1 aliphatic rings. The Bertz CT molecular complexity index is 932. The first-order chi connectivity index (χ1) is 15.8. The van der Waals surface area contributed by atoms with Gasteiger partial charge in [-0.3, -0.25) is 9.48 Å². The van der Waals surface area contributed by atoms with Crippen molar-refractivity contribution < 1.29 is 4.79 Å². The SMILES string of the molecule is O=C(Cc1ccc(N2CCC(NCCCn3cccn3)CC2)cc1)NCc1ccccc1. The number of hydrogen-bond donors (Lipinski definition) is 2. The number of amides is 1. The van der Waals surface area contributed by atoms with Crippen LogP contribution in [-0.2, 0) is 24.3 Å². The second-order valence-corrected chi connectivity index (χ2v) is 8.44. The summed E-state index contributed by atoms with van der Waals surface area (Å²) in [7, 11) is 0. The summed E-state index contributed by atoms with van der Waals surface area (Å²) in [5.41, 5.74) is 3.41. The lowest BCUT2D eigenvalue weighted by atomic mass is 10.0. The Balaban J connectivity index is 1.15. The van der Waals surface area contributed by atoms with Gasteiger partial charge in [0.05, 0.1) is 6.42 Å². The van der Waals surface area contributed by atoms with Gasteiger partial charge >= 0.3 is 0 Å². The Morgan fingerprint density at radius 1 is 0.969 bits per heavy atom. The average molecular weight is 432 g/mol. The third-order valence-electron chi connectivity index (χ3n) is 6.05. The maximum atomic E-state index is 12.3. The maximum absolute atomic E-state index is 12.3. The predicted molar refractivity (Wildman–Crippen MR) is 129 cm³/mol. The lowest BCUT2D eigenvalue weighted by Gasteiger charge is -2.34. The molecule has 2 aromatic carbocycles. The molecule has 1 amide bonds. The summed E-state index contributed by atoms with van der Waals surface area (Å²) in [6.07, 6.45) is 7.67. The van der Waals surface area contributed by atoms with Gasteiger partial charge in [0.2, 0.25) is 5.91 Å². The fourth-order valence-electron chi connectivity index (χ4n) is 4.19. The number of anilines is 1. The maximum Gasteiger partial charge on any atom is 0.224 e. The molecule has 2 heterocycles. The topological polar surface area (TPSA) is 62.2 Å². The molecule has 6 nitrogen and oxygen atoms in total. The first-order valence-corrected chi connectivity index (χ1v) is 11.6. The second-order valence-electron chi connectivity index (χ2n) is 8.44. The smallest absolute Gasteiger partial charge is 0.224 e. The van der Waals surface area contributed by atoms with Crippen LogP contribution < -0.4 is 15.5 Å². The van der Waals surface area contributed by atoms with E-state index in [2.05, 4.69) is 44.9 Å². The van der Waals surface area contributed by atoms with Crippen LogP contribution in [0.4, 0.5) is 5.69 Å². The van der Waals surface area contributed by atoms with E-state index in [0.717, 1.165) is 56.6 Å². The highest BCUT2D eigenvalue weighted by atomic mass is 16.1. The first kappa shape index (κ1) is 22.1. The van der Waals surface area contributed by atoms with E-state index in [1.165, 1.54) is 5.69 Å². The fourth-order valence-corrected chi connectivity index (χ4v) is 4.19. The number of nitrogens with zero attached hydrogens (tertiary/aromatic N) is 3. The number of nitrogens with one attached hydrogen (secondary N) is 2. The van der Waals surface area contributed by atoms with Gasteiger partial charge in [-0.15, -0.1) is 0 Å². The molecule has 6 heteroatoms. The van der Waals surface area contributed by atoms with Crippen molar-refractivity contribution in [3.8, 4) is 0 Å². The number of carbonyl (C=O) groups is 1. The number of piperidine rings is 1. The number of hydrogen-bond acceptors (Lipinski definition) is 4. The van der Waals surface area contributed by atoms with Gasteiger partial charge in [0.1, 0.15) is 0 Å². The van der Waals surface area contributed by atoms with Crippen molar-refractivity contribution in [1.29, 1.82) is 0 Å². The number of aryl methyl sites for hydroxylation is 1. The van der Waals surface area contributed by atoms with Gasteiger partial charge in [0, 0.05) is 50.3 Å². The number of rotatable bonds is 10. The molecule has 1 aromatic heterocycles. The summed E-state index contributed by atoms with van der Waals surface area (Å²) in [5, 5.41) is 10.9. The van der Waals surface area contributed by atoms with E-state index in [0.29, 0.717) is 19.0 Å². The summed E-state index contributed by atoms with van der Waals surface area (Å²) in [6.45, 7) is 4.70.